The van der Waals surface area contributed by atoms with Crippen molar-refractivity contribution in [3.05, 3.63) is 35.9 Å². The fourth-order valence-electron chi connectivity index (χ4n) is 2.81. The summed E-state index contributed by atoms with van der Waals surface area (Å²) in [5.74, 6) is 0.164. The third-order valence-corrected chi connectivity index (χ3v) is 3.79. The van der Waals surface area contributed by atoms with Crippen molar-refractivity contribution >= 4 is 5.91 Å². The number of nitrogens with two attached hydrogens (primary N) is 1. The molecule has 1 aliphatic heterocycles. The lowest BCUT2D eigenvalue weighted by Gasteiger charge is -2.40. The van der Waals surface area contributed by atoms with Gasteiger partial charge < -0.3 is 10.6 Å². The van der Waals surface area contributed by atoms with Gasteiger partial charge in [-0.2, -0.15) is 0 Å². The number of nitrogens with zero attached hydrogens (tertiary/aromatic N) is 2. The highest BCUT2D eigenvalue weighted by Gasteiger charge is 2.27. The molecule has 2 unspecified atom stereocenters. The Hall–Kier alpha value is -1.39. The number of carbonyl (C=O) groups excluding carboxylic acids is 1. The van der Waals surface area contributed by atoms with E-state index in [0.717, 1.165) is 26.2 Å². The molecule has 0 bridgehead atoms. The van der Waals surface area contributed by atoms with Gasteiger partial charge in [0.05, 0.1) is 0 Å². The predicted molar refractivity (Wildman–Crippen MR) is 76.7 cm³/mol. The highest BCUT2D eigenvalue weighted by molar-refractivity contribution is 5.73. The summed E-state index contributed by atoms with van der Waals surface area (Å²) in [5.41, 5.74) is 7.43. The molecular formula is C15H23N3O. The van der Waals surface area contributed by atoms with Crippen LogP contribution in [0.1, 0.15) is 25.5 Å². The summed E-state index contributed by atoms with van der Waals surface area (Å²) in [6, 6.07) is 10.7. The van der Waals surface area contributed by atoms with Crippen LogP contribution in [0.5, 0.6) is 0 Å². The average Bonchev–Trinajstić information content (AvgIpc) is 2.40. The molecule has 2 atom stereocenters. The van der Waals surface area contributed by atoms with E-state index in [2.05, 4.69) is 36.1 Å². The van der Waals surface area contributed by atoms with Crippen LogP contribution in [-0.2, 0) is 4.79 Å². The Kier molecular flexibility index (Phi) is 4.56. The molecular weight excluding hydrogens is 238 g/mol. The summed E-state index contributed by atoms with van der Waals surface area (Å²) >= 11 is 0. The van der Waals surface area contributed by atoms with Gasteiger partial charge in [-0.15, -0.1) is 0 Å². The van der Waals surface area contributed by atoms with Crippen LogP contribution in [-0.4, -0.2) is 47.9 Å². The van der Waals surface area contributed by atoms with E-state index in [4.69, 9.17) is 5.73 Å². The zero-order valence-corrected chi connectivity index (χ0v) is 11.7. The first-order chi connectivity index (χ1) is 9.09. The number of rotatable bonds is 3. The Morgan fingerprint density at radius 1 is 1.16 bits per heavy atom. The molecule has 1 fully saturated rings. The van der Waals surface area contributed by atoms with Gasteiger partial charge in [-0.3, -0.25) is 9.69 Å². The van der Waals surface area contributed by atoms with E-state index in [1.165, 1.54) is 5.56 Å². The average molecular weight is 261 g/mol. The van der Waals surface area contributed by atoms with Crippen molar-refractivity contribution in [3.8, 4) is 0 Å². The van der Waals surface area contributed by atoms with Crippen molar-refractivity contribution in [1.29, 1.82) is 0 Å². The van der Waals surface area contributed by atoms with Crippen LogP contribution in [0.4, 0.5) is 0 Å². The minimum atomic E-state index is 0.0753. The number of benzene rings is 1. The maximum Gasteiger partial charge on any atom is 0.219 e. The second-order valence-electron chi connectivity index (χ2n) is 5.26. The van der Waals surface area contributed by atoms with Gasteiger partial charge in [-0.25, -0.2) is 0 Å². The minimum Gasteiger partial charge on any atom is -0.340 e. The Labute approximate surface area is 115 Å². The van der Waals surface area contributed by atoms with Crippen LogP contribution in [0.15, 0.2) is 30.3 Å². The lowest BCUT2D eigenvalue weighted by molar-refractivity contribution is -0.130. The van der Waals surface area contributed by atoms with Crippen molar-refractivity contribution < 1.29 is 4.79 Å². The van der Waals surface area contributed by atoms with E-state index in [0.29, 0.717) is 0 Å². The second-order valence-corrected chi connectivity index (χ2v) is 5.26. The monoisotopic (exact) mass is 261 g/mol. The normalized spacial score (nSPS) is 20.1. The summed E-state index contributed by atoms with van der Waals surface area (Å²) in [7, 11) is 0. The van der Waals surface area contributed by atoms with Crippen molar-refractivity contribution in [2.75, 3.05) is 26.2 Å². The van der Waals surface area contributed by atoms with E-state index in [9.17, 15) is 4.79 Å². The Morgan fingerprint density at radius 2 is 1.74 bits per heavy atom. The molecule has 1 saturated heterocycles. The summed E-state index contributed by atoms with van der Waals surface area (Å²) in [5, 5.41) is 0. The van der Waals surface area contributed by atoms with Crippen LogP contribution < -0.4 is 5.73 Å². The molecule has 1 aromatic carbocycles. The maximum atomic E-state index is 11.4. The lowest BCUT2D eigenvalue weighted by Crippen LogP contribution is -2.51. The highest BCUT2D eigenvalue weighted by atomic mass is 16.2. The van der Waals surface area contributed by atoms with Crippen LogP contribution in [0, 0.1) is 0 Å². The summed E-state index contributed by atoms with van der Waals surface area (Å²) < 4.78 is 0. The van der Waals surface area contributed by atoms with E-state index in [1.54, 1.807) is 6.92 Å². The third kappa shape index (κ3) is 3.33. The van der Waals surface area contributed by atoms with E-state index in [1.807, 2.05) is 11.0 Å². The topological polar surface area (TPSA) is 49.6 Å². The van der Waals surface area contributed by atoms with Crippen LogP contribution in [0.3, 0.4) is 0 Å². The molecule has 0 radical (unpaired) electrons. The van der Waals surface area contributed by atoms with Crippen molar-refractivity contribution in [2.45, 2.75) is 25.9 Å². The van der Waals surface area contributed by atoms with Gasteiger partial charge in [-0.05, 0) is 12.5 Å². The molecule has 19 heavy (non-hydrogen) atoms. The molecule has 1 heterocycles. The maximum absolute atomic E-state index is 11.4. The van der Waals surface area contributed by atoms with Crippen LogP contribution in [0.2, 0.25) is 0 Å². The largest absolute Gasteiger partial charge is 0.340 e. The molecule has 1 aromatic rings. The Morgan fingerprint density at radius 3 is 2.21 bits per heavy atom. The van der Waals surface area contributed by atoms with E-state index in [-0.39, 0.29) is 18.0 Å². The molecule has 1 amide bonds. The molecule has 0 aromatic heterocycles. The molecule has 0 saturated carbocycles. The number of carbonyl (C=O) groups is 1. The van der Waals surface area contributed by atoms with Gasteiger partial charge in [0.2, 0.25) is 5.91 Å². The first-order valence-electron chi connectivity index (χ1n) is 6.89. The molecule has 2 N–H and O–H groups in total. The standard InChI is InChI=1S/C15H23N3O/c1-12(16)15(14-6-4-3-5-7-14)18-10-8-17(9-11-18)13(2)19/h3-7,12,15H,8-11,16H2,1-2H3. The van der Waals surface area contributed by atoms with Crippen LogP contribution >= 0.6 is 0 Å². The number of piperazine rings is 1. The zero-order valence-electron chi connectivity index (χ0n) is 11.7. The fourth-order valence-corrected chi connectivity index (χ4v) is 2.81. The predicted octanol–water partition coefficient (Wildman–Crippen LogP) is 1.24. The molecule has 104 valence electrons. The van der Waals surface area contributed by atoms with Crippen LogP contribution in [0.25, 0.3) is 0 Å². The molecule has 1 aliphatic rings. The van der Waals surface area contributed by atoms with Crippen molar-refractivity contribution in [2.24, 2.45) is 5.73 Å². The van der Waals surface area contributed by atoms with E-state index >= 15 is 0 Å². The van der Waals surface area contributed by atoms with Gasteiger partial charge >= 0.3 is 0 Å². The summed E-state index contributed by atoms with van der Waals surface area (Å²) in [4.78, 5) is 15.7. The SMILES string of the molecule is CC(=O)N1CCN(C(c2ccccc2)C(C)N)CC1. The van der Waals surface area contributed by atoms with Gasteiger partial charge in [0.25, 0.3) is 0 Å². The number of amides is 1. The van der Waals surface area contributed by atoms with Gasteiger partial charge in [0.15, 0.2) is 0 Å². The van der Waals surface area contributed by atoms with Gasteiger partial charge in [-0.1, -0.05) is 30.3 Å². The minimum absolute atomic E-state index is 0.0753. The number of hydrogen-bond donors (Lipinski definition) is 1. The fraction of sp³-hybridized carbons (Fsp3) is 0.533. The summed E-state index contributed by atoms with van der Waals surface area (Å²) in [6.07, 6.45) is 0. The molecule has 0 aliphatic carbocycles. The first kappa shape index (κ1) is 14.0. The highest BCUT2D eigenvalue weighted by Crippen LogP contribution is 2.24. The Bertz CT molecular complexity index is 411. The summed E-state index contributed by atoms with van der Waals surface area (Å²) in [6.45, 7) is 7.06. The third-order valence-electron chi connectivity index (χ3n) is 3.79. The molecule has 2 rings (SSSR count). The second kappa shape index (κ2) is 6.17. The van der Waals surface area contributed by atoms with Crippen molar-refractivity contribution in [1.82, 2.24) is 9.80 Å². The zero-order chi connectivity index (χ0) is 13.8. The molecule has 4 nitrogen and oxygen atoms in total. The smallest absolute Gasteiger partial charge is 0.219 e. The molecule has 0 spiro atoms. The quantitative estimate of drug-likeness (QED) is 0.890. The van der Waals surface area contributed by atoms with Crippen molar-refractivity contribution in [3.63, 3.8) is 0 Å². The molecule has 4 heteroatoms. The van der Waals surface area contributed by atoms with E-state index < -0.39 is 0 Å². The van der Waals surface area contributed by atoms with Gasteiger partial charge in [0, 0.05) is 45.2 Å². The Balaban J connectivity index is 2.08. The lowest BCUT2D eigenvalue weighted by atomic mass is 9.98. The van der Waals surface area contributed by atoms with Gasteiger partial charge in [0.1, 0.15) is 0 Å². The number of hydrogen-bond acceptors (Lipinski definition) is 3. The first-order valence-corrected chi connectivity index (χ1v) is 6.89.